The second-order valence-corrected chi connectivity index (χ2v) is 4.29. The lowest BCUT2D eigenvalue weighted by molar-refractivity contribution is -0.134. The molecule has 0 aliphatic heterocycles. The van der Waals surface area contributed by atoms with E-state index in [-0.39, 0.29) is 11.8 Å². The molecule has 1 N–H and O–H groups in total. The molecule has 0 saturated heterocycles. The highest BCUT2D eigenvalue weighted by Gasteiger charge is 2.18. The van der Waals surface area contributed by atoms with Gasteiger partial charge in [0.1, 0.15) is 12.7 Å². The quantitative estimate of drug-likeness (QED) is 0.825. The van der Waals surface area contributed by atoms with Crippen molar-refractivity contribution in [1.82, 2.24) is 29.9 Å². The van der Waals surface area contributed by atoms with Gasteiger partial charge in [-0.05, 0) is 6.07 Å². The van der Waals surface area contributed by atoms with Crippen molar-refractivity contribution in [3.8, 4) is 0 Å². The Hall–Kier alpha value is -2.18. The van der Waals surface area contributed by atoms with Crippen molar-refractivity contribution in [1.29, 1.82) is 0 Å². The normalized spacial score (nSPS) is 12.3. The molecule has 2 rings (SSSR count). The number of carbonyl (C=O) groups is 1. The molecule has 7 heteroatoms. The second-order valence-electron chi connectivity index (χ2n) is 4.29. The van der Waals surface area contributed by atoms with Crippen molar-refractivity contribution in [2.45, 2.75) is 20.0 Å². The smallest absolute Gasteiger partial charge is 0.227 e. The zero-order valence-electron chi connectivity index (χ0n) is 10.4. The van der Waals surface area contributed by atoms with Gasteiger partial charge >= 0.3 is 0 Å². The van der Waals surface area contributed by atoms with E-state index in [1.54, 1.807) is 29.2 Å². The van der Waals surface area contributed by atoms with Crippen molar-refractivity contribution >= 4 is 5.91 Å². The van der Waals surface area contributed by atoms with Crippen LogP contribution in [0.25, 0.3) is 0 Å². The van der Waals surface area contributed by atoms with E-state index in [9.17, 15) is 4.79 Å². The molecule has 0 bridgehead atoms. The summed E-state index contributed by atoms with van der Waals surface area (Å²) in [6.45, 7) is 2.94. The molecule has 18 heavy (non-hydrogen) atoms. The van der Waals surface area contributed by atoms with Gasteiger partial charge in [-0.25, -0.2) is 4.98 Å². The fourth-order valence-electron chi connectivity index (χ4n) is 1.77. The van der Waals surface area contributed by atoms with Crippen LogP contribution in [0.15, 0.2) is 24.9 Å². The molecule has 0 unspecified atom stereocenters. The molecular formula is C11H16N6O. The van der Waals surface area contributed by atoms with Crippen LogP contribution in [0, 0.1) is 5.92 Å². The van der Waals surface area contributed by atoms with Crippen molar-refractivity contribution in [3.05, 3.63) is 30.6 Å². The summed E-state index contributed by atoms with van der Waals surface area (Å²) in [7, 11) is 1.78. The standard InChI is InChI=1S/C11H16N6O/c1-9(5-17-8-12-7-14-17)11(18)16(2)6-10-3-4-13-15-10/h3-4,7-9H,5-6H2,1-2H3,(H,13,15)/t9-/m0/s1. The van der Waals surface area contributed by atoms with Gasteiger partial charge in [0.2, 0.25) is 5.91 Å². The average Bonchev–Trinajstić information content (AvgIpc) is 3.01. The van der Waals surface area contributed by atoms with E-state index in [1.807, 2.05) is 13.0 Å². The number of amides is 1. The van der Waals surface area contributed by atoms with Gasteiger partial charge in [-0.2, -0.15) is 10.2 Å². The first kappa shape index (κ1) is 12.3. The predicted molar refractivity (Wildman–Crippen MR) is 64.2 cm³/mol. The van der Waals surface area contributed by atoms with Crippen LogP contribution in [-0.4, -0.2) is 42.8 Å². The van der Waals surface area contributed by atoms with Gasteiger partial charge in [0.05, 0.1) is 24.7 Å². The molecule has 0 aliphatic rings. The SMILES string of the molecule is C[C@@H](Cn1cncn1)C(=O)N(C)Cc1ccn[nH]1. The van der Waals surface area contributed by atoms with Gasteiger partial charge in [0.15, 0.2) is 0 Å². The predicted octanol–water partition coefficient (Wildman–Crippen LogP) is 0.296. The Labute approximate surface area is 105 Å². The Morgan fingerprint density at radius 2 is 2.44 bits per heavy atom. The third-order valence-corrected chi connectivity index (χ3v) is 2.69. The van der Waals surface area contributed by atoms with Crippen LogP contribution < -0.4 is 0 Å². The highest BCUT2D eigenvalue weighted by molar-refractivity contribution is 5.78. The van der Waals surface area contributed by atoms with Gasteiger partial charge in [0, 0.05) is 13.2 Å². The molecule has 0 saturated carbocycles. The molecule has 96 valence electrons. The molecule has 2 aromatic rings. The third-order valence-electron chi connectivity index (χ3n) is 2.69. The van der Waals surface area contributed by atoms with Gasteiger partial charge in [0.25, 0.3) is 0 Å². The van der Waals surface area contributed by atoms with Crippen LogP contribution in [0.4, 0.5) is 0 Å². The summed E-state index contributed by atoms with van der Waals surface area (Å²) in [6.07, 6.45) is 4.75. The van der Waals surface area contributed by atoms with E-state index in [4.69, 9.17) is 0 Å². The Morgan fingerprint density at radius 3 is 3.06 bits per heavy atom. The molecule has 0 aliphatic carbocycles. The summed E-state index contributed by atoms with van der Waals surface area (Å²) in [4.78, 5) is 17.7. The first-order valence-corrected chi connectivity index (χ1v) is 5.72. The van der Waals surface area contributed by atoms with Crippen molar-refractivity contribution in [3.63, 3.8) is 0 Å². The summed E-state index contributed by atoms with van der Waals surface area (Å²) in [5, 5.41) is 10.7. The first-order valence-electron chi connectivity index (χ1n) is 5.72. The molecule has 7 nitrogen and oxygen atoms in total. The van der Waals surface area contributed by atoms with E-state index in [0.29, 0.717) is 13.1 Å². The summed E-state index contributed by atoms with van der Waals surface area (Å²) in [5.41, 5.74) is 0.916. The molecule has 2 heterocycles. The summed E-state index contributed by atoms with van der Waals surface area (Å²) in [5.74, 6) is -0.0697. The minimum absolute atomic E-state index is 0.0695. The number of H-pyrrole nitrogens is 1. The van der Waals surface area contributed by atoms with E-state index >= 15 is 0 Å². The number of aromatic amines is 1. The molecule has 0 fully saturated rings. The number of nitrogens with one attached hydrogen (secondary N) is 1. The number of carbonyl (C=O) groups excluding carboxylic acids is 1. The molecule has 0 aromatic carbocycles. The van der Waals surface area contributed by atoms with E-state index in [0.717, 1.165) is 5.69 Å². The fraction of sp³-hybridized carbons (Fsp3) is 0.455. The minimum Gasteiger partial charge on any atom is -0.340 e. The lowest BCUT2D eigenvalue weighted by Gasteiger charge is -2.20. The number of nitrogens with zero attached hydrogens (tertiary/aromatic N) is 5. The van der Waals surface area contributed by atoms with Crippen molar-refractivity contribution in [2.75, 3.05) is 7.05 Å². The molecular weight excluding hydrogens is 232 g/mol. The molecule has 1 atom stereocenters. The maximum absolute atomic E-state index is 12.1. The lowest BCUT2D eigenvalue weighted by Crippen LogP contribution is -2.33. The van der Waals surface area contributed by atoms with Gasteiger partial charge < -0.3 is 4.90 Å². The van der Waals surface area contributed by atoms with E-state index in [2.05, 4.69) is 20.3 Å². The molecule has 0 spiro atoms. The van der Waals surface area contributed by atoms with Crippen LogP contribution in [0.1, 0.15) is 12.6 Å². The van der Waals surface area contributed by atoms with Gasteiger partial charge in [-0.15, -0.1) is 0 Å². The molecule has 1 amide bonds. The Kier molecular flexibility index (Phi) is 3.71. The number of aromatic nitrogens is 5. The van der Waals surface area contributed by atoms with Crippen LogP contribution in [0.5, 0.6) is 0 Å². The Morgan fingerprint density at radius 1 is 1.61 bits per heavy atom. The summed E-state index contributed by atoms with van der Waals surface area (Å²) < 4.78 is 1.66. The van der Waals surface area contributed by atoms with Gasteiger partial charge in [-0.3, -0.25) is 14.6 Å². The van der Waals surface area contributed by atoms with Crippen molar-refractivity contribution < 1.29 is 4.79 Å². The van der Waals surface area contributed by atoms with Crippen LogP contribution in [-0.2, 0) is 17.9 Å². The number of hydrogen-bond donors (Lipinski definition) is 1. The van der Waals surface area contributed by atoms with Crippen LogP contribution in [0.2, 0.25) is 0 Å². The molecule has 0 radical (unpaired) electrons. The van der Waals surface area contributed by atoms with E-state index in [1.165, 1.54) is 6.33 Å². The fourth-order valence-corrected chi connectivity index (χ4v) is 1.77. The topological polar surface area (TPSA) is 79.7 Å². The maximum atomic E-state index is 12.1. The zero-order chi connectivity index (χ0) is 13.0. The van der Waals surface area contributed by atoms with Crippen LogP contribution in [0.3, 0.4) is 0 Å². The summed E-state index contributed by atoms with van der Waals surface area (Å²) in [6, 6.07) is 1.85. The zero-order valence-corrected chi connectivity index (χ0v) is 10.4. The third kappa shape index (κ3) is 2.93. The Bertz CT molecular complexity index is 433. The Balaban J connectivity index is 1.89. The lowest BCUT2D eigenvalue weighted by atomic mass is 10.1. The largest absolute Gasteiger partial charge is 0.340 e. The monoisotopic (exact) mass is 248 g/mol. The number of rotatable bonds is 5. The molecule has 2 aromatic heterocycles. The minimum atomic E-state index is -0.139. The second kappa shape index (κ2) is 5.44. The summed E-state index contributed by atoms with van der Waals surface area (Å²) >= 11 is 0. The highest BCUT2D eigenvalue weighted by atomic mass is 16.2. The number of hydrogen-bond acceptors (Lipinski definition) is 4. The van der Waals surface area contributed by atoms with E-state index < -0.39 is 0 Å². The van der Waals surface area contributed by atoms with Gasteiger partial charge in [-0.1, -0.05) is 6.92 Å². The first-order chi connectivity index (χ1) is 8.66. The van der Waals surface area contributed by atoms with Crippen molar-refractivity contribution in [2.24, 2.45) is 5.92 Å². The highest BCUT2D eigenvalue weighted by Crippen LogP contribution is 2.06. The maximum Gasteiger partial charge on any atom is 0.227 e. The average molecular weight is 248 g/mol. The van der Waals surface area contributed by atoms with Crippen LogP contribution >= 0.6 is 0 Å².